The molecule has 0 atom stereocenters. The normalized spacial score (nSPS) is 13.9. The van der Waals surface area contributed by atoms with E-state index in [9.17, 15) is 14.4 Å². The lowest BCUT2D eigenvalue weighted by molar-refractivity contribution is -0.118. The van der Waals surface area contributed by atoms with Crippen LogP contribution in [0.25, 0.3) is 0 Å². The predicted molar refractivity (Wildman–Crippen MR) is 97.2 cm³/mol. The Hall–Kier alpha value is -1.94. The Kier molecular flexibility index (Phi) is 5.09. The molecule has 0 saturated heterocycles. The fraction of sp³-hybridized carbons (Fsp3) is 0.533. The number of carbonyl (C=O) groups excluding carboxylic acids is 1. The number of hydrogen-bond acceptors (Lipinski definition) is 7. The minimum Gasteiger partial charge on any atom is -0.300 e. The third-order valence-electron chi connectivity index (χ3n) is 4.05. The van der Waals surface area contributed by atoms with E-state index in [2.05, 4.69) is 10.2 Å². The zero-order valence-electron chi connectivity index (χ0n) is 14.3. The number of anilines is 1. The molecule has 134 valence electrons. The largest absolute Gasteiger partial charge is 0.330 e. The van der Waals surface area contributed by atoms with Crippen molar-refractivity contribution in [2.75, 3.05) is 4.90 Å². The maximum Gasteiger partial charge on any atom is 0.330 e. The average Bonchev–Trinajstić information content (AvgIpc) is 3.33. The molecule has 1 aliphatic rings. The van der Waals surface area contributed by atoms with Crippen molar-refractivity contribution < 1.29 is 4.79 Å². The Morgan fingerprint density at radius 1 is 1.32 bits per heavy atom. The van der Waals surface area contributed by atoms with Gasteiger partial charge in [0.1, 0.15) is 0 Å². The molecular weight excluding hydrogens is 362 g/mol. The first-order valence-electron chi connectivity index (χ1n) is 7.96. The summed E-state index contributed by atoms with van der Waals surface area (Å²) in [4.78, 5) is 37.6. The molecule has 0 bridgehead atoms. The molecule has 25 heavy (non-hydrogen) atoms. The second-order valence-electron chi connectivity index (χ2n) is 5.86. The van der Waals surface area contributed by atoms with Gasteiger partial charge in [-0.15, -0.1) is 10.2 Å². The first-order valence-corrected chi connectivity index (χ1v) is 9.77. The lowest BCUT2D eigenvalue weighted by atomic mass is 10.4. The Labute approximate surface area is 152 Å². The van der Waals surface area contributed by atoms with Gasteiger partial charge in [0.2, 0.25) is 11.0 Å². The molecule has 0 radical (unpaired) electrons. The van der Waals surface area contributed by atoms with Gasteiger partial charge in [-0.25, -0.2) is 4.79 Å². The smallest absolute Gasteiger partial charge is 0.300 e. The van der Waals surface area contributed by atoms with E-state index in [0.29, 0.717) is 27.3 Å². The second-order valence-corrected chi connectivity index (χ2v) is 8.04. The summed E-state index contributed by atoms with van der Waals surface area (Å²) >= 11 is 2.76. The van der Waals surface area contributed by atoms with Crippen LogP contribution in [0.1, 0.15) is 31.9 Å². The van der Waals surface area contributed by atoms with Crippen molar-refractivity contribution in [1.82, 2.24) is 19.3 Å². The van der Waals surface area contributed by atoms with Crippen molar-refractivity contribution in [1.29, 1.82) is 0 Å². The molecular formula is C15H19N5O3S2. The highest BCUT2D eigenvalue weighted by molar-refractivity contribution is 8.00. The average molecular weight is 381 g/mol. The van der Waals surface area contributed by atoms with Crippen molar-refractivity contribution >= 4 is 34.1 Å². The van der Waals surface area contributed by atoms with Crippen LogP contribution in [0.5, 0.6) is 0 Å². The number of thioether (sulfide) groups is 1. The summed E-state index contributed by atoms with van der Waals surface area (Å²) in [6.07, 6.45) is 2.44. The third kappa shape index (κ3) is 3.69. The molecule has 1 aliphatic carbocycles. The van der Waals surface area contributed by atoms with Crippen LogP contribution in [0, 0.1) is 0 Å². The molecule has 3 rings (SSSR count). The lowest BCUT2D eigenvalue weighted by Gasteiger charge is -2.17. The summed E-state index contributed by atoms with van der Waals surface area (Å²) in [6, 6.07) is 1.70. The molecule has 0 aliphatic heterocycles. The highest BCUT2D eigenvalue weighted by Gasteiger charge is 2.35. The van der Waals surface area contributed by atoms with E-state index >= 15 is 0 Å². The molecule has 2 aromatic heterocycles. The lowest BCUT2D eigenvalue weighted by Crippen LogP contribution is -2.37. The molecule has 0 spiro atoms. The van der Waals surface area contributed by atoms with Gasteiger partial charge in [0.15, 0.2) is 4.34 Å². The quantitative estimate of drug-likeness (QED) is 0.550. The SMILES string of the molecule is CCC(=O)N(c1nnc(SCc2cc(=O)n(C)c(=O)n2C)s1)C1CC1. The third-order valence-corrected chi connectivity index (χ3v) is 6.14. The van der Waals surface area contributed by atoms with Gasteiger partial charge >= 0.3 is 5.69 Å². The standard InChI is InChI=1S/C15H19N5O3S2/c1-4-11(21)20(9-5-6-9)13-16-17-14(25-13)24-8-10-7-12(22)19(3)15(23)18(10)2/h7,9H,4-6,8H2,1-3H3. The van der Waals surface area contributed by atoms with E-state index in [-0.39, 0.29) is 23.2 Å². The van der Waals surface area contributed by atoms with Crippen molar-refractivity contribution in [2.45, 2.75) is 42.3 Å². The summed E-state index contributed by atoms with van der Waals surface area (Å²) in [5.74, 6) is 0.492. The fourth-order valence-corrected chi connectivity index (χ4v) is 4.33. The molecule has 1 saturated carbocycles. The molecule has 0 aromatic carbocycles. The first kappa shape index (κ1) is 17.9. The van der Waals surface area contributed by atoms with Crippen molar-refractivity contribution in [2.24, 2.45) is 14.1 Å². The molecule has 0 unspecified atom stereocenters. The number of hydrogen-bond donors (Lipinski definition) is 0. The van der Waals surface area contributed by atoms with Gasteiger partial charge in [0.25, 0.3) is 5.56 Å². The van der Waals surface area contributed by atoms with Crippen LogP contribution in [0.4, 0.5) is 5.13 Å². The van der Waals surface area contributed by atoms with E-state index in [1.807, 2.05) is 6.92 Å². The first-order chi connectivity index (χ1) is 11.9. The van der Waals surface area contributed by atoms with Crippen LogP contribution in [0.2, 0.25) is 0 Å². The minimum absolute atomic E-state index is 0.0594. The summed E-state index contributed by atoms with van der Waals surface area (Å²) < 4.78 is 3.23. The van der Waals surface area contributed by atoms with Gasteiger partial charge in [-0.05, 0) is 12.8 Å². The van der Waals surface area contributed by atoms with E-state index in [1.165, 1.54) is 40.8 Å². The minimum atomic E-state index is -0.352. The molecule has 1 amide bonds. The topological polar surface area (TPSA) is 90.1 Å². The van der Waals surface area contributed by atoms with Crippen LogP contribution in [0.3, 0.4) is 0 Å². The number of aromatic nitrogens is 4. The van der Waals surface area contributed by atoms with Crippen LogP contribution in [-0.2, 0) is 24.6 Å². The molecule has 2 heterocycles. The van der Waals surface area contributed by atoms with Gasteiger partial charge < -0.3 is 0 Å². The van der Waals surface area contributed by atoms with E-state index < -0.39 is 0 Å². The van der Waals surface area contributed by atoms with Gasteiger partial charge in [0.05, 0.1) is 0 Å². The molecule has 10 heteroatoms. The summed E-state index contributed by atoms with van der Waals surface area (Å²) in [5.41, 5.74) is -0.0573. The predicted octanol–water partition coefficient (Wildman–Crippen LogP) is 1.13. The van der Waals surface area contributed by atoms with E-state index in [1.54, 1.807) is 11.9 Å². The number of amides is 1. The van der Waals surface area contributed by atoms with Crippen molar-refractivity contribution in [3.63, 3.8) is 0 Å². The molecule has 2 aromatic rings. The van der Waals surface area contributed by atoms with Gasteiger partial charge in [0, 0.05) is 44.1 Å². The Balaban J connectivity index is 1.75. The number of nitrogens with zero attached hydrogens (tertiary/aromatic N) is 5. The van der Waals surface area contributed by atoms with Gasteiger partial charge in [-0.2, -0.15) is 0 Å². The van der Waals surface area contributed by atoms with Crippen LogP contribution in [-0.4, -0.2) is 31.3 Å². The van der Waals surface area contributed by atoms with E-state index in [4.69, 9.17) is 0 Å². The summed E-state index contributed by atoms with van der Waals surface area (Å²) in [6.45, 7) is 1.84. The Morgan fingerprint density at radius 2 is 2.04 bits per heavy atom. The highest BCUT2D eigenvalue weighted by Crippen LogP contribution is 2.36. The zero-order chi connectivity index (χ0) is 18.1. The maximum atomic E-state index is 12.1. The monoisotopic (exact) mass is 381 g/mol. The highest BCUT2D eigenvalue weighted by atomic mass is 32.2. The van der Waals surface area contributed by atoms with Crippen LogP contribution < -0.4 is 16.1 Å². The Morgan fingerprint density at radius 3 is 2.68 bits per heavy atom. The molecule has 0 N–H and O–H groups in total. The molecule has 8 nitrogen and oxygen atoms in total. The second kappa shape index (κ2) is 7.12. The fourth-order valence-electron chi connectivity index (χ4n) is 2.38. The van der Waals surface area contributed by atoms with Crippen LogP contribution in [0.15, 0.2) is 20.0 Å². The van der Waals surface area contributed by atoms with Crippen molar-refractivity contribution in [3.05, 3.63) is 32.6 Å². The van der Waals surface area contributed by atoms with E-state index in [0.717, 1.165) is 17.4 Å². The van der Waals surface area contributed by atoms with Crippen molar-refractivity contribution in [3.8, 4) is 0 Å². The number of carbonyl (C=O) groups is 1. The number of rotatable bonds is 6. The Bertz CT molecular complexity index is 913. The molecule has 1 fully saturated rings. The summed E-state index contributed by atoms with van der Waals surface area (Å²) in [5, 5.41) is 8.91. The summed E-state index contributed by atoms with van der Waals surface area (Å²) in [7, 11) is 3.09. The zero-order valence-corrected chi connectivity index (χ0v) is 15.9. The maximum absolute atomic E-state index is 12.1. The van der Waals surface area contributed by atoms with Crippen LogP contribution >= 0.6 is 23.1 Å². The van der Waals surface area contributed by atoms with Gasteiger partial charge in [-0.3, -0.25) is 23.6 Å². The van der Waals surface area contributed by atoms with Gasteiger partial charge in [-0.1, -0.05) is 30.0 Å².